The van der Waals surface area contributed by atoms with Gasteiger partial charge in [0.15, 0.2) is 0 Å². The van der Waals surface area contributed by atoms with Crippen molar-refractivity contribution in [1.29, 1.82) is 0 Å². The van der Waals surface area contributed by atoms with Gasteiger partial charge in [0.2, 0.25) is 0 Å². The standard InChI is InChI=1S/C12H14Cl2O/c1-8(6-7-9(2)15)12-10(13)4-3-5-11(12)14/h3-5,8H,6-7H2,1-2H3. The van der Waals surface area contributed by atoms with Gasteiger partial charge in [0.05, 0.1) is 0 Å². The molecule has 1 aromatic carbocycles. The summed E-state index contributed by atoms with van der Waals surface area (Å²) in [7, 11) is 0. The molecule has 0 fully saturated rings. The topological polar surface area (TPSA) is 17.1 Å². The van der Waals surface area contributed by atoms with Crippen molar-refractivity contribution in [3.63, 3.8) is 0 Å². The van der Waals surface area contributed by atoms with E-state index in [0.717, 1.165) is 12.0 Å². The number of rotatable bonds is 4. The summed E-state index contributed by atoms with van der Waals surface area (Å²) in [6.45, 7) is 3.64. The lowest BCUT2D eigenvalue weighted by Gasteiger charge is -2.14. The zero-order chi connectivity index (χ0) is 11.4. The number of hydrogen-bond acceptors (Lipinski definition) is 1. The minimum atomic E-state index is 0.199. The first-order valence-electron chi connectivity index (χ1n) is 4.95. The molecule has 0 spiro atoms. The molecule has 1 aromatic rings. The Bertz CT molecular complexity index is 340. The SMILES string of the molecule is CC(=O)CCC(C)c1c(Cl)cccc1Cl. The molecule has 0 aromatic heterocycles. The Labute approximate surface area is 100 Å². The number of ketones is 1. The quantitative estimate of drug-likeness (QED) is 0.764. The average Bonchev–Trinajstić information content (AvgIpc) is 2.14. The second-order valence-electron chi connectivity index (χ2n) is 3.78. The van der Waals surface area contributed by atoms with Crippen molar-refractivity contribution < 1.29 is 4.79 Å². The Morgan fingerprint density at radius 2 is 1.87 bits per heavy atom. The molecule has 0 radical (unpaired) electrons. The smallest absolute Gasteiger partial charge is 0.129 e. The average molecular weight is 245 g/mol. The van der Waals surface area contributed by atoms with E-state index in [4.69, 9.17) is 23.2 Å². The molecule has 0 heterocycles. The molecule has 3 heteroatoms. The molecule has 1 unspecified atom stereocenters. The maximum Gasteiger partial charge on any atom is 0.129 e. The van der Waals surface area contributed by atoms with E-state index >= 15 is 0 Å². The fourth-order valence-electron chi connectivity index (χ4n) is 1.55. The molecule has 0 amide bonds. The molecule has 82 valence electrons. The first-order chi connectivity index (χ1) is 7.02. The highest BCUT2D eigenvalue weighted by atomic mass is 35.5. The zero-order valence-corrected chi connectivity index (χ0v) is 10.4. The Hall–Kier alpha value is -0.530. The Kier molecular flexibility index (Phi) is 4.62. The third-order valence-electron chi connectivity index (χ3n) is 2.42. The molecule has 0 aliphatic rings. The maximum atomic E-state index is 10.9. The van der Waals surface area contributed by atoms with Crippen molar-refractivity contribution in [2.45, 2.75) is 32.6 Å². The number of carbonyl (C=O) groups is 1. The molecule has 1 atom stereocenters. The van der Waals surface area contributed by atoms with Gasteiger partial charge < -0.3 is 4.79 Å². The lowest BCUT2D eigenvalue weighted by Crippen LogP contribution is -1.99. The van der Waals surface area contributed by atoms with E-state index in [9.17, 15) is 4.79 Å². The van der Waals surface area contributed by atoms with Crippen LogP contribution >= 0.6 is 23.2 Å². The summed E-state index contributed by atoms with van der Waals surface area (Å²) in [4.78, 5) is 10.9. The van der Waals surface area contributed by atoms with Gasteiger partial charge in [-0.15, -0.1) is 0 Å². The second kappa shape index (κ2) is 5.53. The van der Waals surface area contributed by atoms with E-state index < -0.39 is 0 Å². The first kappa shape index (κ1) is 12.5. The van der Waals surface area contributed by atoms with Crippen molar-refractivity contribution in [2.24, 2.45) is 0 Å². The number of hydrogen-bond donors (Lipinski definition) is 0. The van der Waals surface area contributed by atoms with Crippen LogP contribution in [0.1, 0.15) is 38.2 Å². The molecule has 0 N–H and O–H groups in total. The van der Waals surface area contributed by atoms with Crippen LogP contribution in [-0.2, 0) is 4.79 Å². The molecular weight excluding hydrogens is 231 g/mol. The summed E-state index contributed by atoms with van der Waals surface area (Å²) < 4.78 is 0. The van der Waals surface area contributed by atoms with E-state index in [1.807, 2.05) is 25.1 Å². The van der Waals surface area contributed by atoms with Crippen LogP contribution in [0.3, 0.4) is 0 Å². The van der Waals surface area contributed by atoms with Crippen LogP contribution in [0.5, 0.6) is 0 Å². The lowest BCUT2D eigenvalue weighted by molar-refractivity contribution is -0.117. The van der Waals surface area contributed by atoms with Crippen LogP contribution in [0.2, 0.25) is 10.0 Å². The van der Waals surface area contributed by atoms with Crippen molar-refractivity contribution in [1.82, 2.24) is 0 Å². The van der Waals surface area contributed by atoms with Crippen molar-refractivity contribution in [3.05, 3.63) is 33.8 Å². The van der Waals surface area contributed by atoms with Gasteiger partial charge >= 0.3 is 0 Å². The lowest BCUT2D eigenvalue weighted by atomic mass is 9.95. The van der Waals surface area contributed by atoms with Gasteiger partial charge in [-0.05, 0) is 37.0 Å². The van der Waals surface area contributed by atoms with Crippen molar-refractivity contribution >= 4 is 29.0 Å². The van der Waals surface area contributed by atoms with Gasteiger partial charge in [-0.25, -0.2) is 0 Å². The fourth-order valence-corrected chi connectivity index (χ4v) is 2.32. The molecule has 0 aliphatic carbocycles. The van der Waals surface area contributed by atoms with Gasteiger partial charge in [0, 0.05) is 16.5 Å². The summed E-state index contributed by atoms with van der Waals surface area (Å²) >= 11 is 12.1. The monoisotopic (exact) mass is 244 g/mol. The van der Waals surface area contributed by atoms with Crippen LogP contribution in [0.15, 0.2) is 18.2 Å². The van der Waals surface area contributed by atoms with Crippen molar-refractivity contribution in [3.8, 4) is 0 Å². The summed E-state index contributed by atoms with van der Waals surface area (Å²) in [5.41, 5.74) is 0.946. The normalized spacial score (nSPS) is 12.5. The number of Topliss-reactive ketones (excluding diaryl/α,β-unsaturated/α-hetero) is 1. The van der Waals surface area contributed by atoms with Gasteiger partial charge in [-0.3, -0.25) is 0 Å². The predicted octanol–water partition coefficient (Wildman–Crippen LogP) is 4.47. The Morgan fingerprint density at radius 3 is 2.33 bits per heavy atom. The highest BCUT2D eigenvalue weighted by Gasteiger charge is 2.13. The minimum Gasteiger partial charge on any atom is -0.300 e. The number of carbonyl (C=O) groups excluding carboxylic acids is 1. The summed E-state index contributed by atoms with van der Waals surface area (Å²) in [5.74, 6) is 0.417. The first-order valence-corrected chi connectivity index (χ1v) is 5.71. The molecule has 0 saturated heterocycles. The zero-order valence-electron chi connectivity index (χ0n) is 8.89. The van der Waals surface area contributed by atoms with Crippen LogP contribution in [0, 0.1) is 0 Å². The molecule has 1 nitrogen and oxygen atoms in total. The van der Waals surface area contributed by atoms with Gasteiger partial charge in [0.1, 0.15) is 5.78 Å². The number of benzene rings is 1. The van der Waals surface area contributed by atoms with E-state index in [0.29, 0.717) is 16.5 Å². The van der Waals surface area contributed by atoms with E-state index in [-0.39, 0.29) is 11.7 Å². The molecule has 0 saturated carbocycles. The second-order valence-corrected chi connectivity index (χ2v) is 4.59. The Morgan fingerprint density at radius 1 is 1.33 bits per heavy atom. The number of halogens is 2. The molecule has 15 heavy (non-hydrogen) atoms. The van der Waals surface area contributed by atoms with Crippen LogP contribution < -0.4 is 0 Å². The van der Waals surface area contributed by atoms with Gasteiger partial charge in [0.25, 0.3) is 0 Å². The van der Waals surface area contributed by atoms with Gasteiger partial charge in [-0.2, -0.15) is 0 Å². The molecule has 0 bridgehead atoms. The summed E-state index contributed by atoms with van der Waals surface area (Å²) in [5, 5.41) is 1.36. The van der Waals surface area contributed by atoms with Crippen LogP contribution in [-0.4, -0.2) is 5.78 Å². The van der Waals surface area contributed by atoms with E-state index in [1.165, 1.54) is 0 Å². The van der Waals surface area contributed by atoms with Crippen molar-refractivity contribution in [2.75, 3.05) is 0 Å². The van der Waals surface area contributed by atoms with Crippen LogP contribution in [0.25, 0.3) is 0 Å². The summed E-state index contributed by atoms with van der Waals surface area (Å²) in [6, 6.07) is 5.48. The highest BCUT2D eigenvalue weighted by molar-refractivity contribution is 6.36. The largest absolute Gasteiger partial charge is 0.300 e. The fraction of sp³-hybridized carbons (Fsp3) is 0.417. The molecule has 0 aliphatic heterocycles. The minimum absolute atomic E-state index is 0.199. The predicted molar refractivity (Wildman–Crippen MR) is 64.8 cm³/mol. The third-order valence-corrected chi connectivity index (χ3v) is 3.08. The third kappa shape index (κ3) is 3.51. The van der Waals surface area contributed by atoms with E-state index in [1.54, 1.807) is 6.92 Å². The molecular formula is C12H14Cl2O. The van der Waals surface area contributed by atoms with Gasteiger partial charge in [-0.1, -0.05) is 36.2 Å². The molecule has 1 rings (SSSR count). The Balaban J connectivity index is 2.81. The maximum absolute atomic E-state index is 10.9. The summed E-state index contributed by atoms with van der Waals surface area (Å²) in [6.07, 6.45) is 1.36. The van der Waals surface area contributed by atoms with Crippen LogP contribution in [0.4, 0.5) is 0 Å². The van der Waals surface area contributed by atoms with E-state index in [2.05, 4.69) is 0 Å². The highest BCUT2D eigenvalue weighted by Crippen LogP contribution is 2.33.